The molecule has 1 aromatic carbocycles. The normalized spacial score (nSPS) is 16.0. The van der Waals surface area contributed by atoms with Crippen LogP contribution >= 0.6 is 0 Å². The predicted molar refractivity (Wildman–Crippen MR) is 94.5 cm³/mol. The lowest BCUT2D eigenvalue weighted by atomic mass is 10.1. The van der Waals surface area contributed by atoms with Crippen molar-refractivity contribution in [3.8, 4) is 17.2 Å². The summed E-state index contributed by atoms with van der Waals surface area (Å²) in [5.41, 5.74) is 5.07. The molecule has 0 bridgehead atoms. The molecule has 8 heteroatoms. The third-order valence-electron chi connectivity index (χ3n) is 3.69. The van der Waals surface area contributed by atoms with Crippen molar-refractivity contribution < 1.29 is 28.5 Å². The molecule has 8 nitrogen and oxygen atoms in total. The lowest BCUT2D eigenvalue weighted by Crippen LogP contribution is -2.46. The molecule has 0 saturated carbocycles. The molecule has 26 heavy (non-hydrogen) atoms. The zero-order valence-corrected chi connectivity index (χ0v) is 15.4. The fourth-order valence-electron chi connectivity index (χ4n) is 2.58. The van der Waals surface area contributed by atoms with Crippen LogP contribution in [0.2, 0.25) is 0 Å². The van der Waals surface area contributed by atoms with E-state index < -0.39 is 12.0 Å². The second kappa shape index (κ2) is 9.86. The van der Waals surface area contributed by atoms with Crippen molar-refractivity contribution in [1.29, 1.82) is 0 Å². The van der Waals surface area contributed by atoms with Crippen LogP contribution < -0.4 is 25.1 Å². The van der Waals surface area contributed by atoms with Gasteiger partial charge < -0.3 is 18.9 Å². The smallest absolute Gasteiger partial charge is 0.269 e. The van der Waals surface area contributed by atoms with Gasteiger partial charge in [-0.3, -0.25) is 20.4 Å². The number of amides is 2. The van der Waals surface area contributed by atoms with Gasteiger partial charge in [0.15, 0.2) is 11.5 Å². The molecule has 1 unspecified atom stereocenters. The van der Waals surface area contributed by atoms with Crippen LogP contribution in [0.4, 0.5) is 0 Å². The van der Waals surface area contributed by atoms with Gasteiger partial charge >= 0.3 is 0 Å². The molecule has 144 valence electrons. The van der Waals surface area contributed by atoms with Crippen molar-refractivity contribution >= 4 is 11.8 Å². The number of hydrazine groups is 1. The first kappa shape index (κ1) is 19.8. The molecule has 1 heterocycles. The maximum absolute atomic E-state index is 12.4. The van der Waals surface area contributed by atoms with E-state index in [-0.39, 0.29) is 11.5 Å². The van der Waals surface area contributed by atoms with Crippen LogP contribution in [-0.4, -0.2) is 44.3 Å². The molecule has 1 atom stereocenters. The number of nitrogens with one attached hydrogen (secondary N) is 2. The van der Waals surface area contributed by atoms with Crippen molar-refractivity contribution in [3.05, 3.63) is 17.7 Å². The highest BCUT2D eigenvalue weighted by molar-refractivity contribution is 5.97. The average Bonchev–Trinajstić information content (AvgIpc) is 3.17. The first-order valence-corrected chi connectivity index (χ1v) is 8.88. The topological polar surface area (TPSA) is 95.1 Å². The fraction of sp³-hybridized carbons (Fsp3) is 0.556. The quantitative estimate of drug-likeness (QED) is 0.682. The van der Waals surface area contributed by atoms with E-state index in [1.807, 2.05) is 20.8 Å². The summed E-state index contributed by atoms with van der Waals surface area (Å²) in [7, 11) is 0. The van der Waals surface area contributed by atoms with Gasteiger partial charge in [0, 0.05) is 12.2 Å². The van der Waals surface area contributed by atoms with Crippen LogP contribution in [0.5, 0.6) is 17.2 Å². The highest BCUT2D eigenvalue weighted by Gasteiger charge is 2.24. The summed E-state index contributed by atoms with van der Waals surface area (Å²) in [6, 6.07) is 3.12. The van der Waals surface area contributed by atoms with Crippen LogP contribution in [0.15, 0.2) is 12.1 Å². The minimum atomic E-state index is -0.520. The molecule has 0 aromatic heterocycles. The van der Waals surface area contributed by atoms with E-state index in [0.717, 1.165) is 6.42 Å². The van der Waals surface area contributed by atoms with Crippen LogP contribution in [0.25, 0.3) is 0 Å². The molecule has 2 amide bonds. The van der Waals surface area contributed by atoms with Crippen molar-refractivity contribution in [2.24, 2.45) is 0 Å². The van der Waals surface area contributed by atoms with Gasteiger partial charge in [0.2, 0.25) is 5.75 Å². The number of carbonyl (C=O) groups excluding carboxylic acids is 2. The van der Waals surface area contributed by atoms with Crippen LogP contribution in [0, 0.1) is 0 Å². The van der Waals surface area contributed by atoms with Gasteiger partial charge in [-0.25, -0.2) is 0 Å². The first-order valence-electron chi connectivity index (χ1n) is 8.88. The monoisotopic (exact) mass is 366 g/mol. The Morgan fingerprint density at radius 3 is 2.15 bits per heavy atom. The van der Waals surface area contributed by atoms with Crippen LogP contribution in [-0.2, 0) is 9.53 Å². The van der Waals surface area contributed by atoms with E-state index in [4.69, 9.17) is 18.9 Å². The van der Waals surface area contributed by atoms with E-state index in [1.165, 1.54) is 0 Å². The van der Waals surface area contributed by atoms with Gasteiger partial charge in [0.05, 0.1) is 19.8 Å². The van der Waals surface area contributed by atoms with Crippen molar-refractivity contribution in [2.75, 3.05) is 26.4 Å². The second-order valence-corrected chi connectivity index (χ2v) is 5.55. The Morgan fingerprint density at radius 1 is 1.04 bits per heavy atom. The molecule has 0 spiro atoms. The highest BCUT2D eigenvalue weighted by Crippen LogP contribution is 2.39. The molecular formula is C18H26N2O6. The molecule has 1 saturated heterocycles. The Balaban J connectivity index is 2.15. The van der Waals surface area contributed by atoms with E-state index in [9.17, 15) is 9.59 Å². The zero-order chi connectivity index (χ0) is 18.9. The molecule has 1 aliphatic rings. The molecule has 0 aliphatic carbocycles. The van der Waals surface area contributed by atoms with Gasteiger partial charge in [0.1, 0.15) is 6.10 Å². The number of hydrogen-bond donors (Lipinski definition) is 2. The number of hydrogen-bond acceptors (Lipinski definition) is 6. The second-order valence-electron chi connectivity index (χ2n) is 5.55. The Morgan fingerprint density at radius 2 is 1.65 bits per heavy atom. The van der Waals surface area contributed by atoms with Crippen LogP contribution in [0.3, 0.4) is 0 Å². The van der Waals surface area contributed by atoms with Gasteiger partial charge in [-0.1, -0.05) is 0 Å². The Hall–Kier alpha value is -2.48. The molecule has 2 rings (SSSR count). The lowest BCUT2D eigenvalue weighted by Gasteiger charge is -2.17. The summed E-state index contributed by atoms with van der Waals surface area (Å²) in [6.45, 7) is 7.34. The maximum Gasteiger partial charge on any atom is 0.269 e. The van der Waals surface area contributed by atoms with Crippen molar-refractivity contribution in [2.45, 2.75) is 39.7 Å². The summed E-state index contributed by atoms with van der Waals surface area (Å²) in [6.07, 6.45) is 0.960. The molecule has 0 radical (unpaired) electrons. The molecular weight excluding hydrogens is 340 g/mol. The largest absolute Gasteiger partial charge is 0.490 e. The Kier molecular flexibility index (Phi) is 7.53. The van der Waals surface area contributed by atoms with E-state index >= 15 is 0 Å². The Bertz CT molecular complexity index is 601. The summed E-state index contributed by atoms with van der Waals surface area (Å²) < 4.78 is 22.0. The third kappa shape index (κ3) is 5.01. The molecule has 1 aromatic rings. The molecule has 1 fully saturated rings. The average molecular weight is 366 g/mol. The Labute approximate surface area is 153 Å². The molecule has 2 N–H and O–H groups in total. The van der Waals surface area contributed by atoms with Gasteiger partial charge in [-0.2, -0.15) is 0 Å². The zero-order valence-electron chi connectivity index (χ0n) is 15.4. The van der Waals surface area contributed by atoms with E-state index in [0.29, 0.717) is 50.1 Å². The first-order chi connectivity index (χ1) is 12.6. The van der Waals surface area contributed by atoms with Gasteiger partial charge in [-0.05, 0) is 45.7 Å². The number of benzene rings is 1. The summed E-state index contributed by atoms with van der Waals surface area (Å²) in [5.74, 6) is 0.432. The lowest BCUT2D eigenvalue weighted by molar-refractivity contribution is -0.130. The van der Waals surface area contributed by atoms with Gasteiger partial charge in [-0.15, -0.1) is 0 Å². The predicted octanol–water partition coefficient (Wildman–Crippen LogP) is 1.82. The van der Waals surface area contributed by atoms with Crippen molar-refractivity contribution in [1.82, 2.24) is 10.9 Å². The summed E-state index contributed by atoms with van der Waals surface area (Å²) >= 11 is 0. The number of rotatable bonds is 8. The summed E-state index contributed by atoms with van der Waals surface area (Å²) in [5, 5.41) is 0. The molecule has 1 aliphatic heterocycles. The third-order valence-corrected chi connectivity index (χ3v) is 3.69. The van der Waals surface area contributed by atoms with Gasteiger partial charge in [0.25, 0.3) is 11.8 Å². The fourth-order valence-corrected chi connectivity index (χ4v) is 2.58. The standard InChI is InChI=1S/C18H26N2O6/c1-4-23-14-10-12(11-15(24-5-2)16(14)25-6-3)17(21)19-20-18(22)13-8-7-9-26-13/h10-11,13H,4-9H2,1-3H3,(H,19,21)(H,20,22). The van der Waals surface area contributed by atoms with Crippen LogP contribution in [0.1, 0.15) is 44.0 Å². The minimum Gasteiger partial charge on any atom is -0.490 e. The SMILES string of the molecule is CCOc1cc(C(=O)NNC(=O)C2CCCO2)cc(OCC)c1OCC. The number of ether oxygens (including phenoxy) is 4. The number of carbonyl (C=O) groups is 2. The minimum absolute atomic E-state index is 0.285. The highest BCUT2D eigenvalue weighted by atomic mass is 16.5. The van der Waals surface area contributed by atoms with E-state index in [2.05, 4.69) is 10.9 Å². The van der Waals surface area contributed by atoms with E-state index in [1.54, 1.807) is 12.1 Å². The summed E-state index contributed by atoms with van der Waals surface area (Å²) in [4.78, 5) is 24.4. The van der Waals surface area contributed by atoms with Crippen molar-refractivity contribution in [3.63, 3.8) is 0 Å². The maximum atomic E-state index is 12.4.